The van der Waals surface area contributed by atoms with Gasteiger partial charge >= 0.3 is 0 Å². The topological polar surface area (TPSA) is 12.5 Å². The molecule has 0 aromatic carbocycles. The summed E-state index contributed by atoms with van der Waals surface area (Å²) in [7, 11) is 0. The van der Waals surface area contributed by atoms with Crippen LogP contribution in [0.15, 0.2) is 0 Å². The molecule has 3 aliphatic heterocycles. The summed E-state index contributed by atoms with van der Waals surface area (Å²) in [6.07, 6.45) is 52.4. The second kappa shape index (κ2) is 17.4. The quantitative estimate of drug-likeness (QED) is 0.273. The van der Waals surface area contributed by atoms with Crippen LogP contribution in [-0.2, 0) is 4.74 Å². The Morgan fingerprint density at radius 3 is 1.70 bits per heavy atom. The lowest BCUT2D eigenvalue weighted by Crippen LogP contribution is -2.57. The molecule has 0 aromatic rings. The summed E-state index contributed by atoms with van der Waals surface area (Å²) < 4.78 is 7.65. The molecular weight excluding hydrogens is 767 g/mol. The van der Waals surface area contributed by atoms with Crippen molar-refractivity contribution in [3.05, 3.63) is 0 Å². The molecule has 4 heteroatoms. The van der Waals surface area contributed by atoms with Crippen LogP contribution in [0.1, 0.15) is 212 Å². The summed E-state index contributed by atoms with van der Waals surface area (Å²) in [5, 5.41) is 3.89. The van der Waals surface area contributed by atoms with Gasteiger partial charge in [0.1, 0.15) is 0 Å². The summed E-state index contributed by atoms with van der Waals surface area (Å²) in [5.41, 5.74) is 0. The molecule has 3 saturated heterocycles. The molecule has 13 aliphatic rings. The monoisotopic (exact) mass is 856 g/mol. The van der Waals surface area contributed by atoms with Crippen molar-refractivity contribution < 1.29 is 4.74 Å². The number of hydrogen-bond acceptors (Lipinski definition) is 4. The Morgan fingerprint density at radius 1 is 0.317 bits per heavy atom. The number of ether oxygens (including phenoxy) is 1. The molecule has 336 valence electrons. The van der Waals surface area contributed by atoms with Gasteiger partial charge in [-0.05, 0) is 212 Å². The van der Waals surface area contributed by atoms with Gasteiger partial charge in [-0.3, -0.25) is 4.90 Å². The van der Waals surface area contributed by atoms with E-state index in [1.54, 1.807) is 109 Å². The number of hydrogen-bond donors (Lipinski definition) is 0. The van der Waals surface area contributed by atoms with Gasteiger partial charge in [-0.25, -0.2) is 0 Å². The van der Waals surface area contributed by atoms with Gasteiger partial charge in [-0.15, -0.1) is 0 Å². The van der Waals surface area contributed by atoms with E-state index in [1.165, 1.54) is 103 Å². The van der Waals surface area contributed by atoms with Crippen LogP contribution in [0.3, 0.4) is 0 Å². The second-order valence-electron chi connectivity index (χ2n) is 25.5. The van der Waals surface area contributed by atoms with E-state index in [0.717, 1.165) is 122 Å². The third kappa shape index (κ3) is 7.27. The standard InChI is InChI=1S/C56H89NOS2/c1-2-10-37-31-40(20-19-34(37)9-1)35-21-25-41(26-22-35)57(49-17-8-16-46-48-32-38-11-3-4-12-39(38)33-52(48)60-56(46)49)42-27-23-36(24-28-42)43-14-7-15-44-45-29-30-51-53(55(45)58-54(43)44)47-13-5-6-18-50(47)59-51/h34-56H,1-33H2. The lowest BCUT2D eigenvalue weighted by atomic mass is 9.61. The summed E-state index contributed by atoms with van der Waals surface area (Å²) in [4.78, 5) is 3.46. The first-order chi connectivity index (χ1) is 29.7. The Labute approximate surface area is 377 Å². The van der Waals surface area contributed by atoms with Crippen molar-refractivity contribution in [2.24, 2.45) is 82.9 Å². The molecule has 10 aliphatic carbocycles. The maximum atomic E-state index is 7.65. The highest BCUT2D eigenvalue weighted by Gasteiger charge is 2.60. The minimum Gasteiger partial charge on any atom is -0.374 e. The Balaban J connectivity index is 0.715. The van der Waals surface area contributed by atoms with E-state index in [9.17, 15) is 0 Å². The zero-order valence-corrected chi connectivity index (χ0v) is 39.9. The Hall–Kier alpha value is 0.620. The predicted molar refractivity (Wildman–Crippen MR) is 253 cm³/mol. The third-order valence-electron chi connectivity index (χ3n) is 23.3. The number of nitrogens with zero attached hydrogens (tertiary/aromatic N) is 1. The average Bonchev–Trinajstić information content (AvgIpc) is 4.00. The van der Waals surface area contributed by atoms with Gasteiger partial charge in [-0.1, -0.05) is 77.0 Å². The van der Waals surface area contributed by atoms with E-state index in [2.05, 4.69) is 28.4 Å². The predicted octanol–water partition coefficient (Wildman–Crippen LogP) is 14.8. The Kier molecular flexibility index (Phi) is 11.8. The number of thioether (sulfide) groups is 2. The summed E-state index contributed by atoms with van der Waals surface area (Å²) in [6.45, 7) is 0. The molecule has 19 atom stereocenters. The maximum absolute atomic E-state index is 7.65. The fourth-order valence-electron chi connectivity index (χ4n) is 20.8. The first-order valence-corrected chi connectivity index (χ1v) is 30.3. The fraction of sp³-hybridized carbons (Fsp3) is 1.00. The van der Waals surface area contributed by atoms with Gasteiger partial charge in [-0.2, -0.15) is 23.5 Å². The van der Waals surface area contributed by atoms with Crippen LogP contribution < -0.4 is 0 Å². The Morgan fingerprint density at radius 2 is 0.883 bits per heavy atom. The second-order valence-corrected chi connectivity index (χ2v) is 28.4. The van der Waals surface area contributed by atoms with Gasteiger partial charge in [0, 0.05) is 45.0 Å². The van der Waals surface area contributed by atoms with Gasteiger partial charge < -0.3 is 4.74 Å². The van der Waals surface area contributed by atoms with E-state index in [4.69, 9.17) is 4.74 Å². The zero-order valence-electron chi connectivity index (χ0n) is 38.3. The van der Waals surface area contributed by atoms with Crippen LogP contribution in [0.2, 0.25) is 0 Å². The average molecular weight is 856 g/mol. The van der Waals surface area contributed by atoms with Gasteiger partial charge in [0.25, 0.3) is 0 Å². The summed E-state index contributed by atoms with van der Waals surface area (Å²) in [5.74, 6) is 14.2. The van der Waals surface area contributed by atoms with E-state index in [1.807, 2.05) is 0 Å². The number of rotatable bonds is 5. The van der Waals surface area contributed by atoms with E-state index in [-0.39, 0.29) is 0 Å². The van der Waals surface area contributed by atoms with Crippen LogP contribution in [-0.4, -0.2) is 56.2 Å². The molecule has 0 N–H and O–H groups in total. The van der Waals surface area contributed by atoms with Crippen LogP contribution in [0, 0.1) is 82.9 Å². The fourth-order valence-corrected chi connectivity index (χ4v) is 25.1. The minimum absolute atomic E-state index is 0.623. The lowest BCUT2D eigenvalue weighted by molar-refractivity contribution is -0.0777. The zero-order chi connectivity index (χ0) is 39.3. The Bertz CT molecular complexity index is 1470. The molecule has 0 radical (unpaired) electrons. The van der Waals surface area contributed by atoms with E-state index >= 15 is 0 Å². The van der Waals surface area contributed by atoms with Crippen molar-refractivity contribution in [1.29, 1.82) is 0 Å². The van der Waals surface area contributed by atoms with Crippen molar-refractivity contribution >= 4 is 23.5 Å². The lowest BCUT2D eigenvalue weighted by Gasteiger charge is -2.53. The molecule has 0 spiro atoms. The molecule has 0 aromatic heterocycles. The van der Waals surface area contributed by atoms with Gasteiger partial charge in [0.15, 0.2) is 0 Å². The highest BCUT2D eigenvalue weighted by Crippen LogP contribution is 2.63. The molecule has 13 rings (SSSR count). The van der Waals surface area contributed by atoms with Crippen molar-refractivity contribution in [3.63, 3.8) is 0 Å². The highest BCUT2D eigenvalue weighted by molar-refractivity contribution is 8.01. The summed E-state index contributed by atoms with van der Waals surface area (Å²) >= 11 is 5.09. The van der Waals surface area contributed by atoms with Crippen LogP contribution >= 0.6 is 23.5 Å². The van der Waals surface area contributed by atoms with Crippen LogP contribution in [0.25, 0.3) is 0 Å². The molecule has 0 bridgehead atoms. The van der Waals surface area contributed by atoms with Gasteiger partial charge in [0.2, 0.25) is 0 Å². The normalized spacial score (nSPS) is 56.2. The molecule has 13 fully saturated rings. The minimum atomic E-state index is 0.623. The molecule has 60 heavy (non-hydrogen) atoms. The van der Waals surface area contributed by atoms with Gasteiger partial charge in [0.05, 0.1) is 12.2 Å². The molecule has 3 heterocycles. The number of fused-ring (bicyclic) bond motifs is 12. The van der Waals surface area contributed by atoms with E-state index < -0.39 is 0 Å². The SMILES string of the molecule is C1CCC2CC(C3CCC(N(C4CCC(C5CCCC6C7CCC8SC9CCCCC9C8C7OC56)CC4)C4CCCC5C6CC7CCCCC7CC6SC54)CC3)CCC2C1. The molecule has 19 unspecified atom stereocenters. The third-order valence-corrected chi connectivity index (χ3v) is 27.0. The van der Waals surface area contributed by atoms with Crippen LogP contribution in [0.5, 0.6) is 0 Å². The first-order valence-electron chi connectivity index (χ1n) is 28.5. The molecule has 10 saturated carbocycles. The van der Waals surface area contributed by atoms with E-state index in [0.29, 0.717) is 12.2 Å². The van der Waals surface area contributed by atoms with Crippen molar-refractivity contribution in [1.82, 2.24) is 4.90 Å². The van der Waals surface area contributed by atoms with Crippen molar-refractivity contribution in [3.8, 4) is 0 Å². The van der Waals surface area contributed by atoms with Crippen molar-refractivity contribution in [2.75, 3.05) is 0 Å². The first kappa shape index (κ1) is 40.9. The largest absolute Gasteiger partial charge is 0.374 e. The summed E-state index contributed by atoms with van der Waals surface area (Å²) in [6, 6.07) is 2.66. The molecule has 2 nitrogen and oxygen atoms in total. The van der Waals surface area contributed by atoms with Crippen LogP contribution in [0.4, 0.5) is 0 Å². The smallest absolute Gasteiger partial charge is 0.0652 e. The highest BCUT2D eigenvalue weighted by atomic mass is 32.2. The van der Waals surface area contributed by atoms with Crippen molar-refractivity contribution in [2.45, 2.75) is 263 Å². The molecule has 0 amide bonds. The molecular formula is C56H89NOS2. The maximum Gasteiger partial charge on any atom is 0.0652 e.